The van der Waals surface area contributed by atoms with Crippen LogP contribution in [0.2, 0.25) is 0 Å². The molecule has 3 rings (SSSR count). The number of hydrogen-bond acceptors (Lipinski definition) is 4. The number of tetrazole rings is 1. The largest absolute Gasteiger partial charge is 0.399 e. The molecule has 1 aliphatic rings. The molecule has 0 radical (unpaired) electrons. The van der Waals surface area contributed by atoms with Crippen molar-refractivity contribution in [3.63, 3.8) is 0 Å². The summed E-state index contributed by atoms with van der Waals surface area (Å²) < 4.78 is 15.8. The Morgan fingerprint density at radius 1 is 1.30 bits per heavy atom. The van der Waals surface area contributed by atoms with Crippen molar-refractivity contribution >= 4 is 5.69 Å². The zero-order chi connectivity index (χ0) is 14.3. The van der Waals surface area contributed by atoms with Crippen LogP contribution in [0.4, 0.5) is 10.1 Å². The van der Waals surface area contributed by atoms with Crippen LogP contribution < -0.4 is 5.73 Å². The third-order valence-electron chi connectivity index (χ3n) is 4.46. The summed E-state index contributed by atoms with van der Waals surface area (Å²) in [4.78, 5) is 0. The first-order chi connectivity index (χ1) is 9.58. The number of benzene rings is 1. The Hall–Kier alpha value is -1.98. The van der Waals surface area contributed by atoms with Crippen molar-refractivity contribution in [1.82, 2.24) is 20.2 Å². The van der Waals surface area contributed by atoms with E-state index in [2.05, 4.69) is 29.4 Å². The Bertz CT molecular complexity index is 624. The first-order valence-corrected chi connectivity index (χ1v) is 6.91. The van der Waals surface area contributed by atoms with Gasteiger partial charge in [0, 0.05) is 5.69 Å². The summed E-state index contributed by atoms with van der Waals surface area (Å²) in [6.07, 6.45) is 2.17. The van der Waals surface area contributed by atoms with Gasteiger partial charge in [0.25, 0.3) is 0 Å². The predicted molar refractivity (Wildman–Crippen MR) is 74.2 cm³/mol. The highest BCUT2D eigenvalue weighted by Gasteiger charge is 2.33. The third-order valence-corrected chi connectivity index (χ3v) is 4.46. The number of nitrogens with two attached hydrogens (primary N) is 1. The summed E-state index contributed by atoms with van der Waals surface area (Å²) in [6.45, 7) is 4.44. The van der Waals surface area contributed by atoms with Crippen LogP contribution in [0.3, 0.4) is 0 Å². The van der Waals surface area contributed by atoms with E-state index in [1.54, 1.807) is 16.8 Å². The van der Waals surface area contributed by atoms with E-state index in [0.717, 1.165) is 12.8 Å². The average molecular weight is 275 g/mol. The van der Waals surface area contributed by atoms with E-state index in [-0.39, 0.29) is 11.9 Å². The van der Waals surface area contributed by atoms with Crippen LogP contribution in [0.5, 0.6) is 0 Å². The van der Waals surface area contributed by atoms with Gasteiger partial charge in [-0.2, -0.15) is 0 Å². The molecule has 106 valence electrons. The van der Waals surface area contributed by atoms with E-state index >= 15 is 0 Å². The Morgan fingerprint density at radius 2 is 2.10 bits per heavy atom. The smallest absolute Gasteiger partial charge is 0.185 e. The predicted octanol–water partition coefficient (Wildman–Crippen LogP) is 2.67. The Labute approximate surface area is 117 Å². The number of aromatic nitrogens is 4. The third kappa shape index (κ3) is 2.05. The number of nitrogen functional groups attached to an aromatic ring is 1. The van der Waals surface area contributed by atoms with E-state index in [1.165, 1.54) is 6.07 Å². The van der Waals surface area contributed by atoms with Crippen molar-refractivity contribution in [3.8, 4) is 11.4 Å². The summed E-state index contributed by atoms with van der Waals surface area (Å²) in [5.41, 5.74) is 6.38. The second-order valence-corrected chi connectivity index (χ2v) is 5.67. The topological polar surface area (TPSA) is 69.6 Å². The Morgan fingerprint density at radius 3 is 2.75 bits per heavy atom. The maximum atomic E-state index is 14.1. The molecule has 3 atom stereocenters. The maximum Gasteiger partial charge on any atom is 0.185 e. The molecule has 2 aromatic rings. The van der Waals surface area contributed by atoms with Gasteiger partial charge in [-0.05, 0) is 53.3 Å². The van der Waals surface area contributed by atoms with Gasteiger partial charge >= 0.3 is 0 Å². The van der Waals surface area contributed by atoms with E-state index in [9.17, 15) is 4.39 Å². The van der Waals surface area contributed by atoms with Gasteiger partial charge in [0.1, 0.15) is 5.82 Å². The molecule has 1 saturated carbocycles. The molecule has 5 nitrogen and oxygen atoms in total. The molecule has 0 aliphatic heterocycles. The monoisotopic (exact) mass is 275 g/mol. The van der Waals surface area contributed by atoms with Gasteiger partial charge in [0.05, 0.1) is 11.6 Å². The fraction of sp³-hybridized carbons (Fsp3) is 0.500. The lowest BCUT2D eigenvalue weighted by molar-refractivity contribution is 0.328. The normalized spacial score (nSPS) is 26.1. The molecule has 20 heavy (non-hydrogen) atoms. The standard InChI is InChI=1S/C14H18FN5/c1-8-3-6-13(9(8)2)20-14(17-18-19-20)11-5-4-10(16)7-12(11)15/h4-5,7-9,13H,3,6,16H2,1-2H3. The van der Waals surface area contributed by atoms with Crippen molar-refractivity contribution in [2.75, 3.05) is 5.73 Å². The highest BCUT2D eigenvalue weighted by atomic mass is 19.1. The van der Waals surface area contributed by atoms with E-state index < -0.39 is 0 Å². The van der Waals surface area contributed by atoms with Crippen molar-refractivity contribution < 1.29 is 4.39 Å². The highest BCUT2D eigenvalue weighted by molar-refractivity contribution is 5.59. The molecule has 1 fully saturated rings. The van der Waals surface area contributed by atoms with Crippen LogP contribution in [0.1, 0.15) is 32.7 Å². The molecule has 3 unspecified atom stereocenters. The van der Waals surface area contributed by atoms with Gasteiger partial charge in [0.15, 0.2) is 5.82 Å². The maximum absolute atomic E-state index is 14.1. The van der Waals surface area contributed by atoms with Crippen LogP contribution in [0.25, 0.3) is 11.4 Å². The highest BCUT2D eigenvalue weighted by Crippen LogP contribution is 2.40. The Kier molecular flexibility index (Phi) is 3.16. The number of rotatable bonds is 2. The van der Waals surface area contributed by atoms with Crippen molar-refractivity contribution in [1.29, 1.82) is 0 Å². The van der Waals surface area contributed by atoms with Gasteiger partial charge in [-0.15, -0.1) is 5.10 Å². The summed E-state index contributed by atoms with van der Waals surface area (Å²) >= 11 is 0. The molecule has 2 N–H and O–H groups in total. The molecule has 1 aromatic carbocycles. The molecular formula is C14H18FN5. The first-order valence-electron chi connectivity index (χ1n) is 6.91. The zero-order valence-electron chi connectivity index (χ0n) is 11.6. The van der Waals surface area contributed by atoms with Crippen LogP contribution in [-0.4, -0.2) is 20.2 Å². The lowest BCUT2D eigenvalue weighted by Crippen LogP contribution is -2.17. The Balaban J connectivity index is 2.02. The molecule has 0 saturated heterocycles. The second-order valence-electron chi connectivity index (χ2n) is 5.67. The van der Waals surface area contributed by atoms with Crippen molar-refractivity contribution in [3.05, 3.63) is 24.0 Å². The van der Waals surface area contributed by atoms with Gasteiger partial charge < -0.3 is 5.73 Å². The molecule has 0 amide bonds. The molecule has 1 aliphatic carbocycles. The SMILES string of the molecule is CC1CCC(n2nnnc2-c2ccc(N)cc2F)C1C. The molecule has 0 bridgehead atoms. The zero-order valence-corrected chi connectivity index (χ0v) is 11.6. The first kappa shape index (κ1) is 13.0. The van der Waals surface area contributed by atoms with Crippen LogP contribution in [0.15, 0.2) is 18.2 Å². The van der Waals surface area contributed by atoms with Gasteiger partial charge in [-0.1, -0.05) is 13.8 Å². The van der Waals surface area contributed by atoms with E-state index in [1.807, 2.05) is 0 Å². The number of nitrogens with zero attached hydrogens (tertiary/aromatic N) is 4. The molecule has 6 heteroatoms. The minimum Gasteiger partial charge on any atom is -0.399 e. The molecule has 1 heterocycles. The van der Waals surface area contributed by atoms with Crippen molar-refractivity contribution in [2.24, 2.45) is 11.8 Å². The van der Waals surface area contributed by atoms with Crippen LogP contribution in [-0.2, 0) is 0 Å². The molecule has 0 spiro atoms. The quantitative estimate of drug-likeness (QED) is 0.855. The minimum atomic E-state index is -0.389. The summed E-state index contributed by atoms with van der Waals surface area (Å²) in [5.74, 6) is 1.20. The summed E-state index contributed by atoms with van der Waals surface area (Å²) in [6, 6.07) is 4.83. The van der Waals surface area contributed by atoms with Gasteiger partial charge in [0.2, 0.25) is 0 Å². The van der Waals surface area contributed by atoms with Gasteiger partial charge in [-0.3, -0.25) is 0 Å². The van der Waals surface area contributed by atoms with Crippen LogP contribution >= 0.6 is 0 Å². The number of halogens is 1. The fourth-order valence-corrected chi connectivity index (χ4v) is 2.99. The summed E-state index contributed by atoms with van der Waals surface area (Å²) in [5, 5.41) is 11.8. The lowest BCUT2D eigenvalue weighted by atomic mass is 9.98. The van der Waals surface area contributed by atoms with Crippen molar-refractivity contribution in [2.45, 2.75) is 32.7 Å². The minimum absolute atomic E-state index is 0.229. The number of hydrogen-bond donors (Lipinski definition) is 1. The van der Waals surface area contributed by atoms with E-state index in [4.69, 9.17) is 5.73 Å². The second kappa shape index (κ2) is 4.85. The average Bonchev–Trinajstić information content (AvgIpc) is 2.98. The molecule has 1 aromatic heterocycles. The van der Waals surface area contributed by atoms with Gasteiger partial charge in [-0.25, -0.2) is 9.07 Å². The van der Waals surface area contributed by atoms with Crippen LogP contribution in [0, 0.1) is 17.7 Å². The lowest BCUT2D eigenvalue weighted by Gasteiger charge is -2.19. The molecular weight excluding hydrogens is 257 g/mol. The number of anilines is 1. The summed E-state index contributed by atoms with van der Waals surface area (Å²) in [7, 11) is 0. The van der Waals surface area contributed by atoms with E-state index in [0.29, 0.717) is 28.9 Å². The fourth-order valence-electron chi connectivity index (χ4n) is 2.99.